The topological polar surface area (TPSA) is 94.6 Å². The van der Waals surface area contributed by atoms with Crippen LogP contribution >= 0.6 is 11.9 Å². The number of benzene rings is 1. The number of fused-ring (bicyclic) bond motifs is 1. The van der Waals surface area contributed by atoms with Crippen LogP contribution in [-0.4, -0.2) is 64.9 Å². The van der Waals surface area contributed by atoms with Crippen molar-refractivity contribution in [3.63, 3.8) is 0 Å². The summed E-state index contributed by atoms with van der Waals surface area (Å²) >= 11 is 1.59. The summed E-state index contributed by atoms with van der Waals surface area (Å²) < 4.78 is 2.11. The van der Waals surface area contributed by atoms with Crippen LogP contribution in [0.5, 0.6) is 0 Å². The molecule has 0 aliphatic carbocycles. The Morgan fingerprint density at radius 1 is 1.32 bits per heavy atom. The van der Waals surface area contributed by atoms with E-state index in [9.17, 15) is 4.79 Å². The molecule has 2 aromatic rings. The zero-order valence-corrected chi connectivity index (χ0v) is 18.6. The Labute approximate surface area is 186 Å². The molecule has 161 valence electrons. The van der Waals surface area contributed by atoms with Crippen LogP contribution in [0.25, 0.3) is 0 Å². The van der Waals surface area contributed by atoms with Gasteiger partial charge in [-0.2, -0.15) is 10.1 Å². The highest BCUT2D eigenvalue weighted by molar-refractivity contribution is 7.97. The molecule has 1 aromatic heterocycles. The summed E-state index contributed by atoms with van der Waals surface area (Å²) in [6, 6.07) is 9.59. The monoisotopic (exact) mass is 438 g/mol. The number of aromatic nitrogens is 2. The molecule has 9 nitrogen and oxygen atoms in total. The van der Waals surface area contributed by atoms with Gasteiger partial charge in [-0.25, -0.2) is 0 Å². The highest BCUT2D eigenvalue weighted by atomic mass is 32.2. The van der Waals surface area contributed by atoms with Gasteiger partial charge in [0.2, 0.25) is 0 Å². The van der Waals surface area contributed by atoms with E-state index in [1.165, 1.54) is 0 Å². The highest BCUT2D eigenvalue weighted by Crippen LogP contribution is 2.28. The molecule has 3 N–H and O–H groups in total. The highest BCUT2D eigenvalue weighted by Gasteiger charge is 2.37. The molecule has 2 aliphatic heterocycles. The van der Waals surface area contributed by atoms with Crippen LogP contribution in [0, 0.1) is 6.92 Å². The van der Waals surface area contributed by atoms with Crippen molar-refractivity contribution in [3.05, 3.63) is 66.0 Å². The van der Waals surface area contributed by atoms with E-state index in [0.717, 1.165) is 34.6 Å². The summed E-state index contributed by atoms with van der Waals surface area (Å²) in [7, 11) is 3.97. The van der Waals surface area contributed by atoms with E-state index in [1.54, 1.807) is 18.1 Å². The van der Waals surface area contributed by atoms with Crippen molar-refractivity contribution < 1.29 is 4.79 Å². The van der Waals surface area contributed by atoms with Crippen molar-refractivity contribution in [2.24, 2.45) is 4.99 Å². The Morgan fingerprint density at radius 3 is 2.84 bits per heavy atom. The average Bonchev–Trinajstić information content (AvgIpc) is 3.37. The lowest BCUT2D eigenvalue weighted by Gasteiger charge is -2.24. The third kappa shape index (κ3) is 5.35. The van der Waals surface area contributed by atoms with Crippen LogP contribution in [0.2, 0.25) is 0 Å². The lowest BCUT2D eigenvalue weighted by molar-refractivity contribution is 0.0951. The van der Waals surface area contributed by atoms with Gasteiger partial charge in [0.15, 0.2) is 12.0 Å². The number of carbonyl (C=O) groups is 1. The SMILES string of the molecule is Cc1cc(NC2=CN(Sc3ccc(C(=O)NCCN(C)C)cc3)CC3=NC=C[N+]23)n[nH]1. The van der Waals surface area contributed by atoms with Crippen molar-refractivity contribution in [1.29, 1.82) is 0 Å². The number of hydrogen-bond donors (Lipinski definition) is 3. The number of carbonyl (C=O) groups excluding carboxylic acids is 1. The van der Waals surface area contributed by atoms with Crippen LogP contribution in [-0.2, 0) is 0 Å². The first-order chi connectivity index (χ1) is 15.0. The molecule has 2 aliphatic rings. The molecule has 1 amide bonds. The number of aromatic amines is 1. The number of nitrogens with zero attached hydrogens (tertiary/aromatic N) is 5. The van der Waals surface area contributed by atoms with E-state index in [2.05, 4.69) is 30.1 Å². The van der Waals surface area contributed by atoms with Gasteiger partial charge < -0.3 is 10.2 Å². The molecule has 0 unspecified atom stereocenters. The Hall–Kier alpha value is -3.08. The fraction of sp³-hybridized carbons (Fsp3) is 0.286. The normalized spacial score (nSPS) is 15.7. The van der Waals surface area contributed by atoms with Crippen molar-refractivity contribution in [2.45, 2.75) is 11.8 Å². The largest absolute Gasteiger partial charge is 0.351 e. The summed E-state index contributed by atoms with van der Waals surface area (Å²) in [5.41, 5.74) is 1.64. The van der Waals surface area contributed by atoms with E-state index in [-0.39, 0.29) is 5.91 Å². The standard InChI is InChI=1S/C21H26N8OS/c1-15-12-18(26-25-15)24-20-14-28(13-19-22-9-11-29(19)20)31-17-6-4-16(5-7-17)21(30)23-8-10-27(2)3/h4-7,9,11-12,14H,8,10,13H2,1-3H3,(H,23,30)(H2,24,25,26)/q+1. The van der Waals surface area contributed by atoms with Gasteiger partial charge in [-0.15, -0.1) is 0 Å². The molecular weight excluding hydrogens is 412 g/mol. The molecule has 3 heterocycles. The maximum absolute atomic E-state index is 12.3. The number of aryl methyl sites for hydroxylation is 1. The van der Waals surface area contributed by atoms with Crippen LogP contribution in [0.3, 0.4) is 0 Å². The number of amides is 1. The van der Waals surface area contributed by atoms with Gasteiger partial charge in [0, 0.05) is 35.3 Å². The quantitative estimate of drug-likeness (QED) is 0.432. The molecule has 10 heteroatoms. The Balaban J connectivity index is 1.41. The van der Waals surface area contributed by atoms with Gasteiger partial charge in [0.25, 0.3) is 17.6 Å². The van der Waals surface area contributed by atoms with E-state index >= 15 is 0 Å². The first-order valence-electron chi connectivity index (χ1n) is 9.99. The Kier molecular flexibility index (Phi) is 6.40. The Bertz CT molecular complexity index is 1020. The second kappa shape index (κ2) is 9.38. The average molecular weight is 439 g/mol. The fourth-order valence-electron chi connectivity index (χ4n) is 3.12. The molecule has 31 heavy (non-hydrogen) atoms. The molecule has 4 rings (SSSR count). The van der Waals surface area contributed by atoms with E-state index in [4.69, 9.17) is 0 Å². The van der Waals surface area contributed by atoms with Gasteiger partial charge >= 0.3 is 0 Å². The number of H-pyrrole nitrogens is 1. The number of rotatable bonds is 8. The minimum atomic E-state index is -0.0564. The maximum atomic E-state index is 12.3. The van der Waals surface area contributed by atoms with E-state index in [0.29, 0.717) is 18.7 Å². The summed E-state index contributed by atoms with van der Waals surface area (Å²) in [5.74, 6) is 2.50. The second-order valence-electron chi connectivity index (χ2n) is 7.54. The summed E-state index contributed by atoms with van der Waals surface area (Å²) in [4.78, 5) is 21.8. The van der Waals surface area contributed by atoms with Crippen molar-refractivity contribution in [1.82, 2.24) is 29.6 Å². The lowest BCUT2D eigenvalue weighted by Crippen LogP contribution is -2.42. The van der Waals surface area contributed by atoms with Crippen LogP contribution in [0.4, 0.5) is 5.82 Å². The number of nitrogens with one attached hydrogen (secondary N) is 3. The number of anilines is 1. The number of aliphatic imine (C=N–C) groups is 1. The molecule has 0 bridgehead atoms. The number of amidine groups is 1. The first-order valence-corrected chi connectivity index (χ1v) is 10.8. The molecule has 0 fully saturated rings. The maximum Gasteiger partial charge on any atom is 0.285 e. The predicted octanol–water partition coefficient (Wildman–Crippen LogP) is 2.27. The smallest absolute Gasteiger partial charge is 0.285 e. The summed E-state index contributed by atoms with van der Waals surface area (Å²) in [6.45, 7) is 4.06. The summed E-state index contributed by atoms with van der Waals surface area (Å²) in [6.07, 6.45) is 5.75. The molecule has 0 saturated carbocycles. The molecule has 0 spiro atoms. The number of hydrogen-bond acceptors (Lipinski definition) is 8. The van der Waals surface area contributed by atoms with Gasteiger partial charge in [-0.1, -0.05) is 0 Å². The molecule has 0 saturated heterocycles. The van der Waals surface area contributed by atoms with E-state index in [1.807, 2.05) is 73.6 Å². The zero-order valence-electron chi connectivity index (χ0n) is 17.8. The number of likely N-dealkylation sites (N-methyl/N-ethyl adjacent to an activating group) is 1. The third-order valence-electron chi connectivity index (χ3n) is 4.69. The van der Waals surface area contributed by atoms with E-state index < -0.39 is 0 Å². The second-order valence-corrected chi connectivity index (χ2v) is 8.66. The molecule has 1 radical (unpaired) electrons. The van der Waals surface area contributed by atoms with Crippen LogP contribution in [0.1, 0.15) is 16.1 Å². The minimum Gasteiger partial charge on any atom is -0.351 e. The van der Waals surface area contributed by atoms with Gasteiger partial charge in [0.05, 0.1) is 12.4 Å². The minimum absolute atomic E-state index is 0.0564. The van der Waals surface area contributed by atoms with Gasteiger partial charge in [0.1, 0.15) is 6.54 Å². The van der Waals surface area contributed by atoms with Gasteiger partial charge in [-0.3, -0.25) is 19.5 Å². The molecule has 0 atom stereocenters. The van der Waals surface area contributed by atoms with Crippen molar-refractivity contribution in [3.8, 4) is 0 Å². The first kappa shape index (κ1) is 21.2. The third-order valence-corrected chi connectivity index (χ3v) is 5.64. The molecular formula is C21H26N8OS+. The van der Waals surface area contributed by atoms with Crippen LogP contribution in [0.15, 0.2) is 64.6 Å². The predicted molar refractivity (Wildman–Crippen MR) is 124 cm³/mol. The van der Waals surface area contributed by atoms with Crippen molar-refractivity contribution >= 4 is 29.5 Å². The van der Waals surface area contributed by atoms with Crippen molar-refractivity contribution in [2.75, 3.05) is 39.0 Å². The van der Waals surface area contributed by atoms with Gasteiger partial charge in [-0.05, 0) is 62.1 Å². The Morgan fingerprint density at radius 2 is 2.13 bits per heavy atom. The lowest BCUT2D eigenvalue weighted by atomic mass is 10.2. The fourth-order valence-corrected chi connectivity index (χ4v) is 3.98. The summed E-state index contributed by atoms with van der Waals surface area (Å²) in [5, 5.41) is 13.5. The zero-order chi connectivity index (χ0) is 21.8. The van der Waals surface area contributed by atoms with Crippen LogP contribution < -0.4 is 15.5 Å². The molecule has 1 aromatic carbocycles.